The highest BCUT2D eigenvalue weighted by Gasteiger charge is 2.53. The summed E-state index contributed by atoms with van der Waals surface area (Å²) in [6.45, 7) is 26.1. The van der Waals surface area contributed by atoms with Crippen molar-refractivity contribution in [1.82, 2.24) is 4.90 Å². The van der Waals surface area contributed by atoms with E-state index in [9.17, 15) is 29.1 Å². The third-order valence-electron chi connectivity index (χ3n) is 15.4. The molecule has 1 amide bonds. The van der Waals surface area contributed by atoms with Gasteiger partial charge >= 0.3 is 5.97 Å². The molecular formula is C57H95NO13Si2. The van der Waals surface area contributed by atoms with E-state index in [1.165, 1.54) is 12.0 Å². The maximum atomic E-state index is 14.7. The largest absolute Gasteiger partial charge is 0.460 e. The van der Waals surface area contributed by atoms with Crippen LogP contribution >= 0.6 is 0 Å². The third-order valence-corrected chi connectivity index (χ3v) is 17.4. The van der Waals surface area contributed by atoms with Crippen molar-refractivity contribution in [3.63, 3.8) is 0 Å². The monoisotopic (exact) mass is 1060 g/mol. The van der Waals surface area contributed by atoms with Gasteiger partial charge in [-0.2, -0.15) is 0 Å². The standard InChI is InChI=1S/C57H95NO13Si2/c1-36-22-18-17-19-23-37(2)48(65-8)34-44-27-25-42(7)57(64,69-44)54(61)55(62)58-29-21-20-24-45(58)56(63)68-49(39(4)32-43-26-28-47(50(33-43)66-9)70-72(11,12)13)35-46(59)38(3)31-41(6)52(71-73(14,15)16)53(67-10)51(60)40(5)30-36/h17-19,22-23,31,36,38-40,42-45,47-50,52-53,64H,20-21,24-30,32-35H2,1-16H3/b19-17+,22-18+,37-23+,41-31+/t36-,38-,39-,40-,42-,43+,44+,45+,47-,48+,49+,50-,52-,53+,57-/m1/s1. The predicted molar refractivity (Wildman–Crippen MR) is 290 cm³/mol. The molecule has 3 heterocycles. The maximum absolute atomic E-state index is 14.7. The van der Waals surface area contributed by atoms with Gasteiger partial charge in [0.2, 0.25) is 5.79 Å². The molecule has 14 nitrogen and oxygen atoms in total. The third kappa shape index (κ3) is 18.1. The first kappa shape index (κ1) is 62.6. The first-order chi connectivity index (χ1) is 34.1. The molecule has 1 saturated carbocycles. The predicted octanol–water partition coefficient (Wildman–Crippen LogP) is 9.90. The minimum absolute atomic E-state index is 0.00537. The van der Waals surface area contributed by atoms with Gasteiger partial charge in [-0.15, -0.1) is 0 Å². The average Bonchev–Trinajstić information content (AvgIpc) is 3.32. The number of rotatable bonds is 10. The Morgan fingerprint density at radius 1 is 0.767 bits per heavy atom. The number of ether oxygens (including phenoxy) is 5. The lowest BCUT2D eigenvalue weighted by Crippen LogP contribution is -2.61. The van der Waals surface area contributed by atoms with Gasteiger partial charge in [0.1, 0.15) is 24.0 Å². The van der Waals surface area contributed by atoms with Crippen LogP contribution in [0.1, 0.15) is 126 Å². The zero-order chi connectivity index (χ0) is 54.6. The van der Waals surface area contributed by atoms with E-state index in [1.54, 1.807) is 21.1 Å². The first-order valence-electron chi connectivity index (χ1n) is 27.3. The van der Waals surface area contributed by atoms with Crippen molar-refractivity contribution in [2.75, 3.05) is 27.9 Å². The Balaban J connectivity index is 1.76. The number of esters is 1. The highest BCUT2D eigenvalue weighted by Crippen LogP contribution is 2.39. The van der Waals surface area contributed by atoms with Gasteiger partial charge in [-0.05, 0) is 146 Å². The van der Waals surface area contributed by atoms with E-state index in [2.05, 4.69) is 52.3 Å². The normalized spacial score (nSPS) is 37.8. The molecule has 3 aliphatic heterocycles. The van der Waals surface area contributed by atoms with Crippen LogP contribution in [0.25, 0.3) is 0 Å². The Morgan fingerprint density at radius 2 is 1.45 bits per heavy atom. The number of hydrogen-bond donors (Lipinski definition) is 1. The molecule has 1 N–H and O–H groups in total. The number of carbonyl (C=O) groups is 5. The molecule has 16 heteroatoms. The van der Waals surface area contributed by atoms with Crippen molar-refractivity contribution in [2.24, 2.45) is 35.5 Å². The van der Waals surface area contributed by atoms with Crippen molar-refractivity contribution >= 4 is 45.9 Å². The summed E-state index contributed by atoms with van der Waals surface area (Å²) in [6, 6.07) is -1.11. The smallest absolute Gasteiger partial charge is 0.329 e. The Hall–Kier alpha value is -2.94. The fourth-order valence-electron chi connectivity index (χ4n) is 11.2. The summed E-state index contributed by atoms with van der Waals surface area (Å²) in [5.74, 6) is -7.19. The van der Waals surface area contributed by atoms with E-state index < -0.39 is 88.5 Å². The molecule has 0 unspecified atom stereocenters. The number of allylic oxidation sites excluding steroid dienone is 6. The van der Waals surface area contributed by atoms with E-state index in [-0.39, 0.29) is 66.8 Å². The van der Waals surface area contributed by atoms with Crippen LogP contribution in [-0.2, 0) is 56.5 Å². The van der Waals surface area contributed by atoms with Crippen LogP contribution < -0.4 is 0 Å². The molecule has 0 aromatic heterocycles. The molecule has 0 aromatic rings. The van der Waals surface area contributed by atoms with E-state index in [0.29, 0.717) is 50.5 Å². The molecule has 4 rings (SSSR count). The molecule has 4 aliphatic rings. The number of amides is 1. The number of hydrogen-bond acceptors (Lipinski definition) is 13. The summed E-state index contributed by atoms with van der Waals surface area (Å²) in [6.07, 6.45) is 14.3. The van der Waals surface area contributed by atoms with E-state index in [0.717, 1.165) is 24.8 Å². The molecule has 15 atom stereocenters. The van der Waals surface area contributed by atoms with Gasteiger partial charge < -0.3 is 42.5 Å². The van der Waals surface area contributed by atoms with Crippen molar-refractivity contribution in [3.05, 3.63) is 47.6 Å². The van der Waals surface area contributed by atoms with Crippen molar-refractivity contribution in [2.45, 2.75) is 219 Å². The van der Waals surface area contributed by atoms with Crippen molar-refractivity contribution in [1.29, 1.82) is 0 Å². The summed E-state index contributed by atoms with van der Waals surface area (Å²) in [7, 11) is 0.716. The van der Waals surface area contributed by atoms with Gasteiger partial charge in [0, 0.05) is 58.5 Å². The number of piperidine rings is 1. The van der Waals surface area contributed by atoms with Crippen LogP contribution in [0.2, 0.25) is 39.3 Å². The van der Waals surface area contributed by atoms with Crippen molar-refractivity contribution < 1.29 is 61.6 Å². The number of aliphatic hydroxyl groups is 1. The zero-order valence-corrected chi connectivity index (χ0v) is 49.5. The van der Waals surface area contributed by atoms with Gasteiger partial charge in [0.15, 0.2) is 22.4 Å². The summed E-state index contributed by atoms with van der Waals surface area (Å²) >= 11 is 0. The maximum Gasteiger partial charge on any atom is 0.329 e. The molecule has 2 saturated heterocycles. The van der Waals surface area contributed by atoms with E-state index >= 15 is 0 Å². The minimum Gasteiger partial charge on any atom is -0.460 e. The lowest BCUT2D eigenvalue weighted by Gasteiger charge is -2.42. The minimum atomic E-state index is -2.42. The van der Waals surface area contributed by atoms with Crippen molar-refractivity contribution in [3.8, 4) is 0 Å². The Morgan fingerprint density at radius 3 is 2.08 bits per heavy atom. The Bertz CT molecular complexity index is 1990. The Labute approximate surface area is 441 Å². The van der Waals surface area contributed by atoms with Gasteiger partial charge in [-0.25, -0.2) is 4.79 Å². The van der Waals surface area contributed by atoms with Crippen LogP contribution in [0.15, 0.2) is 47.6 Å². The molecule has 0 aromatic carbocycles. The first-order valence-corrected chi connectivity index (χ1v) is 34.1. The second kappa shape index (κ2) is 27.9. The van der Waals surface area contributed by atoms with Crippen LogP contribution in [-0.4, -0.2) is 138 Å². The molecule has 1 aliphatic carbocycles. The van der Waals surface area contributed by atoms with E-state index in [4.69, 9.17) is 32.5 Å². The lowest BCUT2D eigenvalue weighted by molar-refractivity contribution is -0.265. The Kier molecular flexibility index (Phi) is 23.9. The second-order valence-corrected chi connectivity index (χ2v) is 32.9. The number of fused-ring (bicyclic) bond motifs is 3. The van der Waals surface area contributed by atoms with Gasteiger partial charge in [0.25, 0.3) is 11.7 Å². The van der Waals surface area contributed by atoms with Gasteiger partial charge in [0.05, 0.1) is 30.5 Å². The number of carbonyl (C=O) groups excluding carboxylic acids is 5. The summed E-state index contributed by atoms with van der Waals surface area (Å²) in [4.78, 5) is 73.6. The zero-order valence-electron chi connectivity index (χ0n) is 47.5. The molecule has 414 valence electrons. The number of Topliss-reactive ketones (excluding diaryl/α,β-unsaturated/α-hetero) is 3. The molecular weight excluding hydrogens is 963 g/mol. The highest BCUT2D eigenvalue weighted by atomic mass is 28.4. The molecule has 0 radical (unpaired) electrons. The number of cyclic esters (lactones) is 1. The summed E-state index contributed by atoms with van der Waals surface area (Å²) in [5, 5.41) is 12.1. The summed E-state index contributed by atoms with van der Waals surface area (Å²) < 4.78 is 43.8. The summed E-state index contributed by atoms with van der Waals surface area (Å²) in [5.41, 5.74) is 1.60. The van der Waals surface area contributed by atoms with Crippen LogP contribution in [0.3, 0.4) is 0 Å². The van der Waals surface area contributed by atoms with E-state index in [1.807, 2.05) is 65.0 Å². The molecule has 73 heavy (non-hydrogen) atoms. The average molecular weight is 1060 g/mol. The van der Waals surface area contributed by atoms with Gasteiger partial charge in [-0.3, -0.25) is 19.2 Å². The lowest BCUT2D eigenvalue weighted by atomic mass is 9.78. The van der Waals surface area contributed by atoms with Crippen LogP contribution in [0.5, 0.6) is 0 Å². The molecule has 0 spiro atoms. The molecule has 2 bridgehead atoms. The number of ketones is 3. The number of methoxy groups -OCH3 is 3. The highest BCUT2D eigenvalue weighted by molar-refractivity contribution is 6.70. The second-order valence-electron chi connectivity index (χ2n) is 24.0. The number of nitrogens with zero attached hydrogens (tertiary/aromatic N) is 1. The van der Waals surface area contributed by atoms with Crippen LogP contribution in [0, 0.1) is 35.5 Å². The fraction of sp³-hybridized carbons (Fsp3) is 0.772. The quantitative estimate of drug-likeness (QED) is 0.0949. The fourth-order valence-corrected chi connectivity index (χ4v) is 13.5. The van der Waals surface area contributed by atoms with Gasteiger partial charge in [-0.1, -0.05) is 71.1 Å². The SMILES string of the molecule is CO[C@H]1C[C@@H]2CC[C@@H](C)[C@@](O)(O2)C(=O)C(=O)N2CCCC[C@H]2C(=O)O[C@H]([C@H](C)C[C@@H]2CC[C@@H](O[Si](C)(C)C)[C@H](OC)C2)CC(=O)[C@H](C)/C=C(\C)[C@@H](O[Si](C)(C)C)[C@@H](OC)C(=O)[C@H](C)C[C@H](C)/C=C/C=C/C=C/1C. The molecule has 3 fully saturated rings. The topological polar surface area (TPSA) is 173 Å². The van der Waals surface area contributed by atoms with Crippen LogP contribution in [0.4, 0.5) is 0 Å².